The predicted molar refractivity (Wildman–Crippen MR) is 210 cm³/mol. The molecule has 5 nitrogen and oxygen atoms in total. The number of hydrogen-bond donors (Lipinski definition) is 0. The quantitative estimate of drug-likeness (QED) is 0.186. The SMILES string of the molecule is Cc1ccc2c3ccc(-c4ccc(-n5c6ccccc6c6ccccc65)cc4)cc3n(-c3nc(-c4ccccc4)nc(-c4ccccc4)n3)c2c1. The van der Waals surface area contributed by atoms with Crippen molar-refractivity contribution in [2.24, 2.45) is 0 Å². The summed E-state index contributed by atoms with van der Waals surface area (Å²) in [5, 5.41) is 4.83. The van der Waals surface area contributed by atoms with Gasteiger partial charge in [0.15, 0.2) is 11.6 Å². The van der Waals surface area contributed by atoms with Crippen LogP contribution in [0.4, 0.5) is 0 Å². The summed E-state index contributed by atoms with van der Waals surface area (Å²) < 4.78 is 4.56. The van der Waals surface area contributed by atoms with Gasteiger partial charge < -0.3 is 4.57 Å². The lowest BCUT2D eigenvalue weighted by Crippen LogP contribution is -2.06. The third-order valence-corrected chi connectivity index (χ3v) is 9.85. The Balaban J connectivity index is 1.16. The second-order valence-corrected chi connectivity index (χ2v) is 13.0. The molecule has 0 aliphatic carbocycles. The summed E-state index contributed by atoms with van der Waals surface area (Å²) in [6.07, 6.45) is 0. The Labute approximate surface area is 294 Å². The van der Waals surface area contributed by atoms with Crippen molar-refractivity contribution in [1.82, 2.24) is 24.1 Å². The van der Waals surface area contributed by atoms with E-state index in [1.165, 1.54) is 27.4 Å². The van der Waals surface area contributed by atoms with Gasteiger partial charge in [-0.1, -0.05) is 133 Å². The van der Waals surface area contributed by atoms with Gasteiger partial charge in [-0.3, -0.25) is 4.57 Å². The van der Waals surface area contributed by atoms with Gasteiger partial charge in [-0.25, -0.2) is 4.98 Å². The highest BCUT2D eigenvalue weighted by molar-refractivity contribution is 6.11. The van der Waals surface area contributed by atoms with E-state index in [0.717, 1.165) is 49.7 Å². The molecule has 10 rings (SSSR count). The van der Waals surface area contributed by atoms with Crippen LogP contribution in [0.25, 0.3) is 89.2 Å². The Morgan fingerprint density at radius 1 is 0.353 bits per heavy atom. The number of benzene rings is 7. The molecule has 0 aliphatic rings. The molecule has 0 amide bonds. The molecular weight excluding hydrogens is 623 g/mol. The van der Waals surface area contributed by atoms with E-state index < -0.39 is 0 Å². The fourth-order valence-electron chi connectivity index (χ4n) is 7.42. The van der Waals surface area contributed by atoms with E-state index in [2.05, 4.69) is 125 Å². The van der Waals surface area contributed by atoms with Crippen molar-refractivity contribution >= 4 is 43.6 Å². The molecule has 10 aromatic rings. The van der Waals surface area contributed by atoms with Crippen LogP contribution in [0.1, 0.15) is 5.56 Å². The van der Waals surface area contributed by atoms with Crippen molar-refractivity contribution in [3.05, 3.63) is 175 Å². The number of hydrogen-bond acceptors (Lipinski definition) is 3. The van der Waals surface area contributed by atoms with Crippen LogP contribution in [-0.2, 0) is 0 Å². The van der Waals surface area contributed by atoms with Crippen LogP contribution in [0.3, 0.4) is 0 Å². The molecule has 0 spiro atoms. The molecule has 3 aromatic heterocycles. The van der Waals surface area contributed by atoms with Crippen LogP contribution >= 0.6 is 0 Å². The molecule has 0 aliphatic heterocycles. The van der Waals surface area contributed by atoms with Crippen LogP contribution < -0.4 is 0 Å². The maximum atomic E-state index is 5.13. The van der Waals surface area contributed by atoms with Gasteiger partial charge in [0, 0.05) is 38.4 Å². The third-order valence-electron chi connectivity index (χ3n) is 9.85. The first-order valence-electron chi connectivity index (χ1n) is 17.2. The van der Waals surface area contributed by atoms with Crippen molar-refractivity contribution in [1.29, 1.82) is 0 Å². The van der Waals surface area contributed by atoms with Gasteiger partial charge in [-0.05, 0) is 60.0 Å². The molecule has 51 heavy (non-hydrogen) atoms. The van der Waals surface area contributed by atoms with Gasteiger partial charge in [0.1, 0.15) is 0 Å². The van der Waals surface area contributed by atoms with Crippen LogP contribution in [0, 0.1) is 6.92 Å². The summed E-state index contributed by atoms with van der Waals surface area (Å²) in [6, 6.07) is 59.8. The van der Waals surface area contributed by atoms with Gasteiger partial charge in [0.2, 0.25) is 5.95 Å². The summed E-state index contributed by atoms with van der Waals surface area (Å²) in [5.74, 6) is 1.87. The molecule has 0 saturated heterocycles. The summed E-state index contributed by atoms with van der Waals surface area (Å²) in [4.78, 5) is 15.2. The fourth-order valence-corrected chi connectivity index (χ4v) is 7.42. The van der Waals surface area contributed by atoms with Crippen LogP contribution in [0.2, 0.25) is 0 Å². The zero-order chi connectivity index (χ0) is 33.9. The van der Waals surface area contributed by atoms with Crippen molar-refractivity contribution in [3.8, 4) is 45.5 Å². The third kappa shape index (κ3) is 4.82. The number of rotatable bonds is 5. The van der Waals surface area contributed by atoms with Crippen molar-refractivity contribution in [2.45, 2.75) is 6.92 Å². The highest BCUT2D eigenvalue weighted by atomic mass is 15.2. The Bertz CT molecular complexity index is 2790. The number of aromatic nitrogens is 5. The lowest BCUT2D eigenvalue weighted by molar-refractivity contribution is 0.953. The molecule has 0 N–H and O–H groups in total. The molecule has 7 aromatic carbocycles. The largest absolute Gasteiger partial charge is 0.309 e. The van der Waals surface area contributed by atoms with E-state index in [1.807, 2.05) is 60.7 Å². The van der Waals surface area contributed by atoms with Gasteiger partial charge in [-0.2, -0.15) is 9.97 Å². The molecule has 0 radical (unpaired) electrons. The van der Waals surface area contributed by atoms with Crippen molar-refractivity contribution < 1.29 is 0 Å². The van der Waals surface area contributed by atoms with E-state index in [1.54, 1.807) is 0 Å². The molecule has 0 saturated carbocycles. The molecule has 240 valence electrons. The average Bonchev–Trinajstić information content (AvgIpc) is 3.70. The summed E-state index contributed by atoms with van der Waals surface area (Å²) in [5.41, 5.74) is 11.0. The Hall–Kier alpha value is -6.85. The number of nitrogens with zero attached hydrogens (tertiary/aromatic N) is 5. The van der Waals surface area contributed by atoms with E-state index in [9.17, 15) is 0 Å². The molecule has 3 heterocycles. The summed E-state index contributed by atoms with van der Waals surface area (Å²) in [7, 11) is 0. The molecule has 0 fully saturated rings. The van der Waals surface area contributed by atoms with Gasteiger partial charge in [0.25, 0.3) is 0 Å². The minimum atomic E-state index is 0.590. The Kier molecular flexibility index (Phi) is 6.64. The monoisotopic (exact) mass is 653 g/mol. The lowest BCUT2D eigenvalue weighted by atomic mass is 10.0. The molecule has 0 bridgehead atoms. The lowest BCUT2D eigenvalue weighted by Gasteiger charge is -2.12. The normalized spacial score (nSPS) is 11.6. The van der Waals surface area contributed by atoms with E-state index in [4.69, 9.17) is 15.0 Å². The first-order valence-corrected chi connectivity index (χ1v) is 17.2. The second-order valence-electron chi connectivity index (χ2n) is 13.0. The zero-order valence-electron chi connectivity index (χ0n) is 27.9. The Morgan fingerprint density at radius 2 is 0.843 bits per heavy atom. The first-order chi connectivity index (χ1) is 25.2. The Morgan fingerprint density at radius 3 is 1.45 bits per heavy atom. The van der Waals surface area contributed by atoms with Crippen LogP contribution in [0.15, 0.2) is 170 Å². The zero-order valence-corrected chi connectivity index (χ0v) is 27.9. The van der Waals surface area contributed by atoms with Gasteiger partial charge in [0.05, 0.1) is 22.1 Å². The van der Waals surface area contributed by atoms with Gasteiger partial charge in [-0.15, -0.1) is 0 Å². The first kappa shape index (κ1) is 29.1. The fraction of sp³-hybridized carbons (Fsp3) is 0.0217. The standard InChI is InChI=1S/C46H31N5/c1-30-20-26-38-39-27-23-34(31-21-24-35(25-22-31)50-40-18-10-8-16-36(40)37-17-9-11-19-41(37)50)29-43(39)51(42(38)28-30)46-48-44(32-12-4-2-5-13-32)47-45(49-46)33-14-6-3-7-15-33/h2-29H,1H3. The minimum absolute atomic E-state index is 0.590. The van der Waals surface area contributed by atoms with Crippen molar-refractivity contribution in [2.75, 3.05) is 0 Å². The predicted octanol–water partition coefficient (Wildman–Crippen LogP) is 11.4. The number of para-hydroxylation sites is 2. The number of aryl methyl sites for hydroxylation is 1. The number of fused-ring (bicyclic) bond motifs is 6. The molecular formula is C46H31N5. The van der Waals surface area contributed by atoms with Gasteiger partial charge >= 0.3 is 0 Å². The highest BCUT2D eigenvalue weighted by Gasteiger charge is 2.19. The highest BCUT2D eigenvalue weighted by Crippen LogP contribution is 2.37. The van der Waals surface area contributed by atoms with E-state index >= 15 is 0 Å². The average molecular weight is 654 g/mol. The molecule has 0 unspecified atom stereocenters. The minimum Gasteiger partial charge on any atom is -0.309 e. The summed E-state index contributed by atoms with van der Waals surface area (Å²) in [6.45, 7) is 2.13. The van der Waals surface area contributed by atoms with E-state index in [0.29, 0.717) is 17.6 Å². The smallest absolute Gasteiger partial charge is 0.238 e. The van der Waals surface area contributed by atoms with Crippen LogP contribution in [0.5, 0.6) is 0 Å². The molecule has 0 atom stereocenters. The second kappa shape index (κ2) is 11.6. The molecule has 5 heteroatoms. The maximum absolute atomic E-state index is 5.13. The van der Waals surface area contributed by atoms with Crippen molar-refractivity contribution in [3.63, 3.8) is 0 Å². The maximum Gasteiger partial charge on any atom is 0.238 e. The van der Waals surface area contributed by atoms with E-state index in [-0.39, 0.29) is 0 Å². The topological polar surface area (TPSA) is 48.5 Å². The summed E-state index contributed by atoms with van der Waals surface area (Å²) >= 11 is 0. The van der Waals surface area contributed by atoms with Crippen LogP contribution in [-0.4, -0.2) is 24.1 Å².